The lowest BCUT2D eigenvalue weighted by atomic mass is 10.0. The molecule has 0 aliphatic rings. The van der Waals surface area contributed by atoms with Crippen molar-refractivity contribution in [3.05, 3.63) is 99.8 Å². The Labute approximate surface area is 190 Å². The minimum atomic E-state index is -0.360. The molecule has 0 bridgehead atoms. The highest BCUT2D eigenvalue weighted by Gasteiger charge is 2.15. The van der Waals surface area contributed by atoms with Crippen molar-refractivity contribution in [3.8, 4) is 11.3 Å². The van der Waals surface area contributed by atoms with E-state index >= 15 is 0 Å². The number of fused-ring (bicyclic) bond motifs is 3. The van der Waals surface area contributed by atoms with Crippen LogP contribution in [-0.2, 0) is 6.54 Å². The Hall–Kier alpha value is -4.26. The maximum Gasteiger partial charge on any atom is 0.281 e. The van der Waals surface area contributed by atoms with Gasteiger partial charge in [0.2, 0.25) is 0 Å². The summed E-state index contributed by atoms with van der Waals surface area (Å²) >= 11 is 0. The lowest BCUT2D eigenvalue weighted by Crippen LogP contribution is -2.23. The molecule has 2 N–H and O–H groups in total. The number of nitrogens with one attached hydrogen (secondary N) is 2. The summed E-state index contributed by atoms with van der Waals surface area (Å²) in [6.07, 6.45) is 0. The maximum atomic E-state index is 12.8. The van der Waals surface area contributed by atoms with Gasteiger partial charge in [0, 0.05) is 17.7 Å². The highest BCUT2D eigenvalue weighted by atomic mass is 16.1. The zero-order chi connectivity index (χ0) is 22.9. The first-order valence-corrected chi connectivity index (χ1v) is 10.8. The molecule has 1 amide bonds. The van der Waals surface area contributed by atoms with Gasteiger partial charge in [-0.2, -0.15) is 10.1 Å². The van der Waals surface area contributed by atoms with E-state index in [1.54, 1.807) is 22.7 Å². The number of nitrogens with zero attached hydrogens (tertiary/aromatic N) is 3. The third kappa shape index (κ3) is 3.89. The van der Waals surface area contributed by atoms with Crippen LogP contribution in [0.2, 0.25) is 0 Å². The minimum Gasteiger partial charge on any atom is -0.348 e. The van der Waals surface area contributed by atoms with Crippen molar-refractivity contribution in [1.29, 1.82) is 0 Å². The summed E-state index contributed by atoms with van der Waals surface area (Å²) in [5, 5.41) is 10.7. The summed E-state index contributed by atoms with van der Waals surface area (Å²) in [5.41, 5.74) is 4.77. The number of hydrogen-bond acceptors (Lipinski definition) is 4. The first-order valence-electron chi connectivity index (χ1n) is 10.8. The normalized spacial score (nSPS) is 11.4. The van der Waals surface area contributed by atoms with Gasteiger partial charge < -0.3 is 5.32 Å². The summed E-state index contributed by atoms with van der Waals surface area (Å²) in [4.78, 5) is 29.7. The van der Waals surface area contributed by atoms with Gasteiger partial charge in [0.25, 0.3) is 11.5 Å². The Balaban J connectivity index is 1.47. The lowest BCUT2D eigenvalue weighted by molar-refractivity contribution is 0.0951. The molecule has 0 saturated heterocycles. The smallest absolute Gasteiger partial charge is 0.281 e. The number of H-pyrrole nitrogens is 1. The van der Waals surface area contributed by atoms with Crippen molar-refractivity contribution in [3.63, 3.8) is 0 Å². The van der Waals surface area contributed by atoms with Crippen LogP contribution in [0.25, 0.3) is 27.8 Å². The van der Waals surface area contributed by atoms with Gasteiger partial charge >= 0.3 is 0 Å². The number of carbonyl (C=O) groups excluding carboxylic acids is 1. The van der Waals surface area contributed by atoms with Crippen molar-refractivity contribution in [2.75, 3.05) is 0 Å². The molecule has 0 radical (unpaired) electrons. The van der Waals surface area contributed by atoms with Crippen molar-refractivity contribution in [2.45, 2.75) is 26.3 Å². The Morgan fingerprint density at radius 2 is 1.79 bits per heavy atom. The molecule has 0 unspecified atom stereocenters. The molecule has 5 rings (SSSR count). The predicted octanol–water partition coefficient (Wildman–Crippen LogP) is 4.29. The molecule has 5 aromatic rings. The first kappa shape index (κ1) is 20.6. The van der Waals surface area contributed by atoms with E-state index in [4.69, 9.17) is 0 Å². The second kappa shape index (κ2) is 8.35. The fourth-order valence-electron chi connectivity index (χ4n) is 3.86. The van der Waals surface area contributed by atoms with Crippen LogP contribution in [0.15, 0.2) is 77.6 Å². The molecule has 0 aliphatic heterocycles. The van der Waals surface area contributed by atoms with Gasteiger partial charge in [-0.3, -0.25) is 9.59 Å². The molecule has 0 aliphatic carbocycles. The molecule has 164 valence electrons. The van der Waals surface area contributed by atoms with E-state index in [0.29, 0.717) is 40.3 Å². The molecule has 7 heteroatoms. The zero-order valence-corrected chi connectivity index (χ0v) is 18.4. The molecule has 0 fully saturated rings. The Morgan fingerprint density at radius 3 is 2.52 bits per heavy atom. The number of aromatic amines is 1. The number of aromatic nitrogens is 4. The summed E-state index contributed by atoms with van der Waals surface area (Å²) in [6, 6.07) is 22.7. The number of hydrogen-bond donors (Lipinski definition) is 2. The summed E-state index contributed by atoms with van der Waals surface area (Å²) in [6.45, 7) is 4.72. The van der Waals surface area contributed by atoms with E-state index in [1.807, 2.05) is 42.5 Å². The molecular weight excluding hydrogens is 414 g/mol. The van der Waals surface area contributed by atoms with E-state index in [2.05, 4.69) is 46.6 Å². The Morgan fingerprint density at radius 1 is 1.03 bits per heavy atom. The molecule has 3 aromatic carbocycles. The van der Waals surface area contributed by atoms with E-state index in [0.717, 1.165) is 11.1 Å². The number of benzene rings is 3. The van der Waals surface area contributed by atoms with Crippen LogP contribution in [0.1, 0.15) is 41.3 Å². The molecule has 0 saturated carbocycles. The highest BCUT2D eigenvalue weighted by Crippen LogP contribution is 2.22. The van der Waals surface area contributed by atoms with E-state index in [1.165, 1.54) is 5.56 Å². The lowest BCUT2D eigenvalue weighted by Gasteiger charge is -2.09. The summed E-state index contributed by atoms with van der Waals surface area (Å²) in [7, 11) is 0. The minimum absolute atomic E-state index is 0.217. The standard InChI is InChI=1S/C26H23N5O2/c1-16(2)18-10-8-17(9-11-18)15-27-25(32)20-12-13-21-22(14-20)31-24(28-26(21)33)23(29-30-31)19-6-4-3-5-7-19/h3-14,16,30H,15H2,1-2H3,(H,27,32). The molecule has 7 nitrogen and oxygen atoms in total. The summed E-state index contributed by atoms with van der Waals surface area (Å²) < 4.78 is 1.64. The van der Waals surface area contributed by atoms with Gasteiger partial charge in [0.15, 0.2) is 5.65 Å². The highest BCUT2D eigenvalue weighted by molar-refractivity contribution is 5.98. The van der Waals surface area contributed by atoms with Crippen molar-refractivity contribution in [2.24, 2.45) is 0 Å². The van der Waals surface area contributed by atoms with Crippen LogP contribution in [-0.4, -0.2) is 25.7 Å². The monoisotopic (exact) mass is 437 g/mol. The largest absolute Gasteiger partial charge is 0.348 e. The SMILES string of the molecule is CC(C)c1ccc(CNC(=O)c2ccc3c(=O)nc4c(-c5ccccc5)n[nH]n4c3c2)cc1. The molecule has 2 aromatic heterocycles. The third-order valence-electron chi connectivity index (χ3n) is 5.77. The van der Waals surface area contributed by atoms with Crippen molar-refractivity contribution in [1.82, 2.24) is 25.1 Å². The van der Waals surface area contributed by atoms with Gasteiger partial charge in [-0.15, -0.1) is 0 Å². The quantitative estimate of drug-likeness (QED) is 0.429. The van der Waals surface area contributed by atoms with Crippen LogP contribution in [0.3, 0.4) is 0 Å². The van der Waals surface area contributed by atoms with Crippen LogP contribution >= 0.6 is 0 Å². The molecule has 0 spiro atoms. The summed E-state index contributed by atoms with van der Waals surface area (Å²) in [5.74, 6) is 0.247. The third-order valence-corrected chi connectivity index (χ3v) is 5.77. The Kier molecular flexibility index (Phi) is 5.22. The van der Waals surface area contributed by atoms with Gasteiger partial charge in [0.05, 0.1) is 10.9 Å². The average molecular weight is 438 g/mol. The van der Waals surface area contributed by atoms with Crippen LogP contribution in [0.4, 0.5) is 0 Å². The second-order valence-corrected chi connectivity index (χ2v) is 8.31. The fraction of sp³-hybridized carbons (Fsp3) is 0.154. The number of amides is 1. The predicted molar refractivity (Wildman–Crippen MR) is 128 cm³/mol. The number of rotatable bonds is 5. The number of carbonyl (C=O) groups is 1. The molecule has 0 atom stereocenters. The van der Waals surface area contributed by atoms with Gasteiger partial charge in [-0.05, 0) is 35.2 Å². The van der Waals surface area contributed by atoms with Crippen molar-refractivity contribution >= 4 is 22.5 Å². The zero-order valence-electron chi connectivity index (χ0n) is 18.4. The van der Waals surface area contributed by atoms with Crippen LogP contribution < -0.4 is 10.9 Å². The average Bonchev–Trinajstić information content (AvgIpc) is 3.27. The Bertz CT molecular complexity index is 1520. The van der Waals surface area contributed by atoms with E-state index in [-0.39, 0.29) is 11.5 Å². The van der Waals surface area contributed by atoms with E-state index < -0.39 is 0 Å². The van der Waals surface area contributed by atoms with Crippen LogP contribution in [0.5, 0.6) is 0 Å². The van der Waals surface area contributed by atoms with Gasteiger partial charge in [-0.25, -0.2) is 9.73 Å². The molecule has 33 heavy (non-hydrogen) atoms. The van der Waals surface area contributed by atoms with Gasteiger partial charge in [-0.1, -0.05) is 68.4 Å². The fourth-order valence-corrected chi connectivity index (χ4v) is 3.86. The van der Waals surface area contributed by atoms with Crippen LogP contribution in [0, 0.1) is 0 Å². The molecule has 2 heterocycles. The molecular formula is C26H23N5O2. The topological polar surface area (TPSA) is 92.2 Å². The van der Waals surface area contributed by atoms with E-state index in [9.17, 15) is 9.59 Å². The van der Waals surface area contributed by atoms with Crippen molar-refractivity contribution < 1.29 is 4.79 Å². The van der Waals surface area contributed by atoms with Gasteiger partial charge in [0.1, 0.15) is 5.69 Å². The second-order valence-electron chi connectivity index (χ2n) is 8.31. The first-order chi connectivity index (χ1) is 16.0. The maximum absolute atomic E-state index is 12.8.